The Morgan fingerprint density at radius 1 is 1.08 bits per heavy atom. The molecule has 2 aromatic carbocycles. The van der Waals surface area contributed by atoms with E-state index in [0.717, 1.165) is 37.3 Å². The van der Waals surface area contributed by atoms with Crippen LogP contribution in [0.2, 0.25) is 0 Å². The lowest BCUT2D eigenvalue weighted by atomic mass is 9.89. The molecular formula is C22H26N2OS. The number of phenols is 1. The maximum absolute atomic E-state index is 9.80. The molecule has 1 aliphatic heterocycles. The van der Waals surface area contributed by atoms with Crippen LogP contribution in [0.3, 0.4) is 0 Å². The maximum atomic E-state index is 9.80. The van der Waals surface area contributed by atoms with E-state index in [1.54, 1.807) is 6.07 Å². The molecule has 0 aliphatic carbocycles. The Morgan fingerprint density at radius 3 is 2.69 bits per heavy atom. The number of hydrogen-bond donors (Lipinski definition) is 3. The first-order valence-corrected chi connectivity index (χ1v) is 10.1. The minimum absolute atomic E-state index is 0.347. The molecule has 1 aliphatic rings. The average Bonchev–Trinajstić information content (AvgIpc) is 3.10. The molecule has 26 heavy (non-hydrogen) atoms. The smallest absolute Gasteiger partial charge is 0.116 e. The Hall–Kier alpha value is -1.91. The molecule has 1 saturated heterocycles. The second kappa shape index (κ2) is 7.77. The molecule has 0 radical (unpaired) electrons. The number of nitrogens with one attached hydrogen (secondary N) is 1. The van der Waals surface area contributed by atoms with E-state index < -0.39 is 0 Å². The molecule has 3 aromatic rings. The van der Waals surface area contributed by atoms with Crippen molar-refractivity contribution in [1.82, 2.24) is 9.88 Å². The number of aromatic amines is 1. The first-order chi connectivity index (χ1) is 12.7. The zero-order valence-corrected chi connectivity index (χ0v) is 15.9. The molecule has 3 nitrogen and oxygen atoms in total. The molecule has 0 bridgehead atoms. The van der Waals surface area contributed by atoms with Gasteiger partial charge >= 0.3 is 0 Å². The Labute approximate surface area is 160 Å². The molecule has 2 heterocycles. The number of aromatic nitrogens is 1. The second-order valence-electron chi connectivity index (χ2n) is 7.32. The van der Waals surface area contributed by atoms with Gasteiger partial charge in [-0.15, -0.1) is 0 Å². The highest BCUT2D eigenvalue weighted by Gasteiger charge is 2.22. The van der Waals surface area contributed by atoms with Crippen molar-refractivity contribution in [2.24, 2.45) is 0 Å². The van der Waals surface area contributed by atoms with Gasteiger partial charge in [-0.05, 0) is 73.2 Å². The lowest BCUT2D eigenvalue weighted by Crippen LogP contribution is -2.34. The summed E-state index contributed by atoms with van der Waals surface area (Å²) in [6.07, 6.45) is 5.60. The number of nitrogens with zero attached hydrogens (tertiary/aromatic N) is 1. The van der Waals surface area contributed by atoms with Gasteiger partial charge in [-0.2, -0.15) is 12.6 Å². The third-order valence-electron chi connectivity index (χ3n) is 5.62. The Kier molecular flexibility index (Phi) is 5.23. The van der Waals surface area contributed by atoms with E-state index in [1.165, 1.54) is 34.9 Å². The van der Waals surface area contributed by atoms with Crippen molar-refractivity contribution in [2.45, 2.75) is 30.9 Å². The average molecular weight is 367 g/mol. The lowest BCUT2D eigenvalue weighted by Gasteiger charge is -2.32. The van der Waals surface area contributed by atoms with Crippen molar-refractivity contribution in [1.29, 1.82) is 0 Å². The van der Waals surface area contributed by atoms with E-state index >= 15 is 0 Å². The van der Waals surface area contributed by atoms with Crippen LogP contribution in [0.4, 0.5) is 0 Å². The number of hydrogen-bond acceptors (Lipinski definition) is 3. The van der Waals surface area contributed by atoms with Crippen LogP contribution in [0.5, 0.6) is 5.75 Å². The fourth-order valence-electron chi connectivity index (χ4n) is 4.11. The van der Waals surface area contributed by atoms with Crippen molar-refractivity contribution in [2.75, 3.05) is 19.6 Å². The fourth-order valence-corrected chi connectivity index (χ4v) is 4.30. The standard InChI is InChI=1S/C22H26N2OS/c25-19-4-5-22-20(13-19)21(14-23-22)18-7-10-24(11-8-18)9-6-16-2-1-3-17(12-16)15-26/h1-5,12-14,18,23,25-26H,6-11,15H2. The van der Waals surface area contributed by atoms with Crippen molar-refractivity contribution in [3.05, 3.63) is 65.4 Å². The third-order valence-corrected chi connectivity index (χ3v) is 5.98. The Bertz CT molecular complexity index is 881. The van der Waals surface area contributed by atoms with Crippen LogP contribution in [0.15, 0.2) is 48.7 Å². The first-order valence-electron chi connectivity index (χ1n) is 9.44. The minimum Gasteiger partial charge on any atom is -0.508 e. The molecular weight excluding hydrogens is 340 g/mol. The third kappa shape index (κ3) is 3.76. The van der Waals surface area contributed by atoms with E-state index in [-0.39, 0.29) is 0 Å². The van der Waals surface area contributed by atoms with E-state index in [9.17, 15) is 5.11 Å². The van der Waals surface area contributed by atoms with Gasteiger partial charge in [-0.1, -0.05) is 24.3 Å². The summed E-state index contributed by atoms with van der Waals surface area (Å²) in [4.78, 5) is 5.93. The predicted octanol–water partition coefficient (Wildman–Crippen LogP) is 4.73. The van der Waals surface area contributed by atoms with Gasteiger partial charge in [0, 0.05) is 29.4 Å². The van der Waals surface area contributed by atoms with Crippen molar-refractivity contribution in [3.8, 4) is 5.75 Å². The van der Waals surface area contributed by atoms with E-state index in [2.05, 4.69) is 53.0 Å². The normalized spacial score (nSPS) is 16.3. The van der Waals surface area contributed by atoms with Crippen molar-refractivity contribution >= 4 is 23.5 Å². The van der Waals surface area contributed by atoms with Crippen LogP contribution >= 0.6 is 12.6 Å². The van der Waals surface area contributed by atoms with E-state index in [4.69, 9.17) is 0 Å². The van der Waals surface area contributed by atoms with Crippen molar-refractivity contribution in [3.63, 3.8) is 0 Å². The Balaban J connectivity index is 1.35. The van der Waals surface area contributed by atoms with E-state index in [0.29, 0.717) is 11.7 Å². The minimum atomic E-state index is 0.347. The van der Waals surface area contributed by atoms with Crippen LogP contribution < -0.4 is 0 Å². The van der Waals surface area contributed by atoms with E-state index in [1.807, 2.05) is 12.1 Å². The molecule has 1 aromatic heterocycles. The van der Waals surface area contributed by atoms with Crippen LogP contribution in [-0.4, -0.2) is 34.6 Å². The fraction of sp³-hybridized carbons (Fsp3) is 0.364. The number of rotatable bonds is 5. The van der Waals surface area contributed by atoms with Gasteiger partial charge < -0.3 is 15.0 Å². The molecule has 2 N–H and O–H groups in total. The number of likely N-dealkylation sites (tertiary alicyclic amines) is 1. The van der Waals surface area contributed by atoms with Crippen LogP contribution in [0, 0.1) is 0 Å². The molecule has 0 spiro atoms. The SMILES string of the molecule is Oc1ccc2[nH]cc(C3CCN(CCc4cccc(CS)c4)CC3)c2c1. The molecule has 0 saturated carbocycles. The van der Waals surface area contributed by atoms with Crippen molar-refractivity contribution < 1.29 is 5.11 Å². The number of phenolic OH excluding ortho intramolecular Hbond substituents is 1. The molecule has 4 heteroatoms. The summed E-state index contributed by atoms with van der Waals surface area (Å²) in [6.45, 7) is 3.41. The summed E-state index contributed by atoms with van der Waals surface area (Å²) in [5.41, 5.74) is 5.18. The Morgan fingerprint density at radius 2 is 1.88 bits per heavy atom. The zero-order valence-electron chi connectivity index (χ0n) is 15.0. The number of piperidine rings is 1. The largest absolute Gasteiger partial charge is 0.508 e. The van der Waals surface area contributed by atoms with Gasteiger partial charge in [0.25, 0.3) is 0 Å². The number of thiol groups is 1. The van der Waals surface area contributed by atoms with Gasteiger partial charge in [0.2, 0.25) is 0 Å². The molecule has 0 amide bonds. The molecule has 4 rings (SSSR count). The molecule has 0 unspecified atom stereocenters. The topological polar surface area (TPSA) is 39.3 Å². The van der Waals surface area contributed by atoms with Gasteiger partial charge in [0.15, 0.2) is 0 Å². The maximum Gasteiger partial charge on any atom is 0.116 e. The summed E-state index contributed by atoms with van der Waals surface area (Å²) in [5.74, 6) is 1.73. The number of H-pyrrole nitrogens is 1. The first kappa shape index (κ1) is 17.5. The molecule has 0 atom stereocenters. The highest BCUT2D eigenvalue weighted by atomic mass is 32.1. The molecule has 1 fully saturated rings. The van der Waals surface area contributed by atoms with Gasteiger partial charge in [-0.25, -0.2) is 0 Å². The van der Waals surface area contributed by atoms with Crippen LogP contribution in [0.1, 0.15) is 35.4 Å². The second-order valence-corrected chi connectivity index (χ2v) is 7.63. The quantitative estimate of drug-likeness (QED) is 0.572. The molecule has 136 valence electrons. The van der Waals surface area contributed by atoms with Crippen LogP contribution in [0.25, 0.3) is 10.9 Å². The number of aromatic hydroxyl groups is 1. The zero-order chi connectivity index (χ0) is 17.9. The summed E-state index contributed by atoms with van der Waals surface area (Å²) in [5, 5.41) is 11.0. The monoisotopic (exact) mass is 366 g/mol. The highest BCUT2D eigenvalue weighted by molar-refractivity contribution is 7.79. The summed E-state index contributed by atoms with van der Waals surface area (Å²) >= 11 is 4.37. The lowest BCUT2D eigenvalue weighted by molar-refractivity contribution is 0.215. The summed E-state index contributed by atoms with van der Waals surface area (Å²) in [7, 11) is 0. The van der Waals surface area contributed by atoms with Gasteiger partial charge in [0.1, 0.15) is 5.75 Å². The van der Waals surface area contributed by atoms with Gasteiger partial charge in [0.05, 0.1) is 0 Å². The summed E-state index contributed by atoms with van der Waals surface area (Å²) in [6, 6.07) is 14.4. The highest BCUT2D eigenvalue weighted by Crippen LogP contribution is 2.34. The predicted molar refractivity (Wildman–Crippen MR) is 111 cm³/mol. The number of fused-ring (bicyclic) bond motifs is 1. The number of benzene rings is 2. The van der Waals surface area contributed by atoms with Crippen LogP contribution in [-0.2, 0) is 12.2 Å². The summed E-state index contributed by atoms with van der Waals surface area (Å²) < 4.78 is 0. The van der Waals surface area contributed by atoms with Gasteiger partial charge in [-0.3, -0.25) is 0 Å².